The first-order chi connectivity index (χ1) is 10.8. The maximum atomic E-state index is 10.3. The minimum Gasteiger partial charge on any atom is -0.504 e. The summed E-state index contributed by atoms with van der Waals surface area (Å²) in [5.41, 5.74) is 6.18. The molecule has 2 aromatic rings. The van der Waals surface area contributed by atoms with Crippen molar-refractivity contribution < 1.29 is 30.0 Å². The van der Waals surface area contributed by atoms with Crippen LogP contribution in [0.2, 0.25) is 0 Å². The van der Waals surface area contributed by atoms with Crippen molar-refractivity contribution >= 4 is 12.3 Å². The minimum atomic E-state index is -1.69. The molecule has 9 heteroatoms. The van der Waals surface area contributed by atoms with E-state index in [1.165, 1.54) is 6.07 Å². The summed E-state index contributed by atoms with van der Waals surface area (Å²) >= 11 is 0. The molecule has 2 atom stereocenters. The van der Waals surface area contributed by atoms with E-state index >= 15 is 0 Å². The molecule has 0 aliphatic heterocycles. The molecule has 1 unspecified atom stereocenters. The number of carbonyl (C=O) groups is 2. The number of nitrogens with two attached hydrogens (primary N) is 1. The number of benzene rings is 1. The molecule has 0 bridgehead atoms. The summed E-state index contributed by atoms with van der Waals surface area (Å²) in [5, 5.41) is 35.3. The fraction of sp³-hybridized carbons (Fsp3) is 0.214. The quantitative estimate of drug-likeness (QED) is 0.321. The van der Waals surface area contributed by atoms with Crippen LogP contribution >= 0.6 is 0 Å². The number of nitrogens with zero attached hydrogens (tertiary/aromatic N) is 1. The second-order valence-electron chi connectivity index (χ2n) is 4.55. The number of hydrogen-bond acceptors (Lipinski definition) is 7. The summed E-state index contributed by atoms with van der Waals surface area (Å²) in [5.74, 6) is -2.23. The molecule has 9 nitrogen and oxygen atoms in total. The standard InChI is InChI=1S/C8H8O5.C6H9N3O/c9-5-2-1-4(3-6(5)10)7(11)8(12)13;7-5(3-10)1-6-2-8-4-9-6/h1-3,7,9-11H,(H,12,13);2-5H,1,7H2,(H,8,9)/t;5-/m.0/s1. The van der Waals surface area contributed by atoms with Crippen LogP contribution in [-0.4, -0.2) is 48.7 Å². The third-order valence-electron chi connectivity index (χ3n) is 2.72. The van der Waals surface area contributed by atoms with Gasteiger partial charge in [-0.15, -0.1) is 0 Å². The van der Waals surface area contributed by atoms with Crippen molar-refractivity contribution in [3.05, 3.63) is 42.0 Å². The van der Waals surface area contributed by atoms with Gasteiger partial charge < -0.3 is 35.9 Å². The zero-order chi connectivity index (χ0) is 17.4. The maximum absolute atomic E-state index is 10.3. The number of nitrogens with one attached hydrogen (secondary N) is 1. The zero-order valence-electron chi connectivity index (χ0n) is 12.0. The molecule has 0 saturated carbocycles. The Morgan fingerprint density at radius 2 is 2.04 bits per heavy atom. The number of imidazole rings is 1. The van der Waals surface area contributed by atoms with Crippen LogP contribution in [0, 0.1) is 0 Å². The van der Waals surface area contributed by atoms with Crippen molar-refractivity contribution in [3.63, 3.8) is 0 Å². The third kappa shape index (κ3) is 5.77. The van der Waals surface area contributed by atoms with E-state index in [4.69, 9.17) is 26.2 Å². The molecule has 124 valence electrons. The summed E-state index contributed by atoms with van der Waals surface area (Å²) in [4.78, 5) is 27.1. The zero-order valence-corrected chi connectivity index (χ0v) is 12.0. The van der Waals surface area contributed by atoms with Crippen LogP contribution in [0.5, 0.6) is 11.5 Å². The Balaban J connectivity index is 0.000000238. The topological polar surface area (TPSA) is 170 Å². The molecular weight excluding hydrogens is 306 g/mol. The van der Waals surface area contributed by atoms with Crippen LogP contribution < -0.4 is 5.73 Å². The Bertz CT molecular complexity index is 644. The van der Waals surface area contributed by atoms with Gasteiger partial charge in [0.15, 0.2) is 17.6 Å². The van der Waals surface area contributed by atoms with Crippen LogP contribution in [0.25, 0.3) is 0 Å². The number of phenolic OH excluding ortho intramolecular Hbond substituents is 2. The Kier molecular flexibility index (Phi) is 6.71. The number of aromatic amines is 1. The van der Waals surface area contributed by atoms with Gasteiger partial charge in [0.25, 0.3) is 0 Å². The molecule has 0 spiro atoms. The largest absolute Gasteiger partial charge is 0.504 e. The number of phenols is 2. The lowest BCUT2D eigenvalue weighted by Gasteiger charge is -2.06. The Morgan fingerprint density at radius 3 is 2.52 bits per heavy atom. The average Bonchev–Trinajstić information content (AvgIpc) is 3.02. The molecule has 0 aliphatic carbocycles. The molecule has 0 amide bonds. The van der Waals surface area contributed by atoms with Crippen molar-refractivity contribution in [3.8, 4) is 11.5 Å². The molecule has 2 rings (SSSR count). The molecule has 0 radical (unpaired) electrons. The van der Waals surface area contributed by atoms with E-state index in [9.17, 15) is 9.59 Å². The van der Waals surface area contributed by atoms with Gasteiger partial charge in [-0.3, -0.25) is 0 Å². The summed E-state index contributed by atoms with van der Waals surface area (Å²) in [6, 6.07) is 2.89. The van der Waals surface area contributed by atoms with Gasteiger partial charge in [0.1, 0.15) is 6.29 Å². The first-order valence-electron chi connectivity index (χ1n) is 6.46. The van der Waals surface area contributed by atoms with E-state index in [2.05, 4.69) is 9.97 Å². The molecule has 0 aliphatic rings. The van der Waals surface area contributed by atoms with E-state index in [0.29, 0.717) is 12.7 Å². The average molecular weight is 323 g/mol. The van der Waals surface area contributed by atoms with E-state index in [1.54, 1.807) is 12.5 Å². The second kappa shape index (κ2) is 8.51. The number of carbonyl (C=O) groups excluding carboxylic acids is 1. The predicted octanol–water partition coefficient (Wildman–Crippen LogP) is -0.306. The first kappa shape index (κ1) is 18.1. The number of hydrogen-bond donors (Lipinski definition) is 6. The van der Waals surface area contributed by atoms with Crippen molar-refractivity contribution in [1.82, 2.24) is 9.97 Å². The molecular formula is C14H17N3O6. The lowest BCUT2D eigenvalue weighted by molar-refractivity contribution is -0.146. The molecule has 7 N–H and O–H groups in total. The highest BCUT2D eigenvalue weighted by Gasteiger charge is 2.16. The number of rotatable bonds is 5. The second-order valence-corrected chi connectivity index (χ2v) is 4.55. The number of aliphatic hydroxyl groups excluding tert-OH is 1. The molecule has 0 fully saturated rings. The van der Waals surface area contributed by atoms with E-state index in [0.717, 1.165) is 17.8 Å². The molecule has 1 aromatic carbocycles. The summed E-state index contributed by atoms with van der Waals surface area (Å²) in [7, 11) is 0. The van der Waals surface area contributed by atoms with E-state index in [-0.39, 0.29) is 11.3 Å². The number of aromatic hydroxyl groups is 2. The summed E-state index contributed by atoms with van der Waals surface area (Å²) in [6.07, 6.45) is 2.82. The highest BCUT2D eigenvalue weighted by molar-refractivity contribution is 5.74. The number of carboxylic acids is 1. The number of aldehydes is 1. The van der Waals surface area contributed by atoms with Gasteiger partial charge >= 0.3 is 5.97 Å². The number of H-pyrrole nitrogens is 1. The molecule has 1 heterocycles. The molecule has 1 aromatic heterocycles. The monoisotopic (exact) mass is 323 g/mol. The smallest absolute Gasteiger partial charge is 0.337 e. The van der Waals surface area contributed by atoms with Crippen molar-refractivity contribution in [1.29, 1.82) is 0 Å². The predicted molar refractivity (Wildman–Crippen MR) is 78.7 cm³/mol. The number of aliphatic hydroxyl groups is 1. The normalized spacial score (nSPS) is 12.6. The first-order valence-corrected chi connectivity index (χ1v) is 6.46. The third-order valence-corrected chi connectivity index (χ3v) is 2.72. The number of aliphatic carboxylic acids is 1. The van der Waals surface area contributed by atoms with Gasteiger partial charge in [-0.05, 0) is 17.7 Å². The van der Waals surface area contributed by atoms with Gasteiger partial charge in [-0.2, -0.15) is 0 Å². The van der Waals surface area contributed by atoms with Crippen LogP contribution in [0.1, 0.15) is 17.4 Å². The van der Waals surface area contributed by atoms with Gasteiger partial charge in [0.2, 0.25) is 0 Å². The summed E-state index contributed by atoms with van der Waals surface area (Å²) < 4.78 is 0. The molecule has 23 heavy (non-hydrogen) atoms. The Labute approximate surface area is 131 Å². The Morgan fingerprint density at radius 1 is 1.35 bits per heavy atom. The number of aromatic nitrogens is 2. The van der Waals surface area contributed by atoms with E-state index in [1.807, 2.05) is 0 Å². The van der Waals surface area contributed by atoms with E-state index < -0.39 is 23.9 Å². The van der Waals surface area contributed by atoms with Crippen LogP contribution in [-0.2, 0) is 16.0 Å². The summed E-state index contributed by atoms with van der Waals surface area (Å²) in [6.45, 7) is 0. The number of carboxylic acid groups (broad SMARTS) is 1. The molecule has 0 saturated heterocycles. The van der Waals surface area contributed by atoms with Crippen molar-refractivity contribution in [2.75, 3.05) is 0 Å². The van der Waals surface area contributed by atoms with Gasteiger partial charge in [-0.25, -0.2) is 9.78 Å². The lowest BCUT2D eigenvalue weighted by Crippen LogP contribution is -2.24. The Hall–Kier alpha value is -2.91. The van der Waals surface area contributed by atoms with Gasteiger partial charge in [-0.1, -0.05) is 6.07 Å². The van der Waals surface area contributed by atoms with Crippen LogP contribution in [0.4, 0.5) is 0 Å². The maximum Gasteiger partial charge on any atom is 0.337 e. The highest BCUT2D eigenvalue weighted by Crippen LogP contribution is 2.27. The van der Waals surface area contributed by atoms with Gasteiger partial charge in [0, 0.05) is 12.6 Å². The highest BCUT2D eigenvalue weighted by atomic mass is 16.4. The fourth-order valence-electron chi connectivity index (χ4n) is 1.55. The SMILES string of the molecule is N[C@H](C=O)Cc1c[nH]cn1.O=C(O)C(O)c1ccc(O)c(O)c1. The minimum absolute atomic E-state index is 0.0165. The van der Waals surface area contributed by atoms with Gasteiger partial charge in [0.05, 0.1) is 18.1 Å². The van der Waals surface area contributed by atoms with Crippen LogP contribution in [0.15, 0.2) is 30.7 Å². The fourth-order valence-corrected chi connectivity index (χ4v) is 1.55. The lowest BCUT2D eigenvalue weighted by atomic mass is 10.1. The van der Waals surface area contributed by atoms with Crippen LogP contribution in [0.3, 0.4) is 0 Å². The van der Waals surface area contributed by atoms with Crippen molar-refractivity contribution in [2.45, 2.75) is 18.6 Å². The van der Waals surface area contributed by atoms with Crippen molar-refractivity contribution in [2.24, 2.45) is 5.73 Å².